The van der Waals surface area contributed by atoms with E-state index in [0.29, 0.717) is 4.91 Å². The molecule has 2 aromatic carbocycles. The minimum atomic E-state index is -0.505. The van der Waals surface area contributed by atoms with Gasteiger partial charge in [0.15, 0.2) is 0 Å². The quantitative estimate of drug-likeness (QED) is 0.820. The molecule has 1 aliphatic rings. The first-order chi connectivity index (χ1) is 12.5. The maximum absolute atomic E-state index is 13.1. The van der Waals surface area contributed by atoms with Gasteiger partial charge in [-0.1, -0.05) is 36.4 Å². The zero-order valence-corrected chi connectivity index (χ0v) is 14.5. The lowest BCUT2D eigenvalue weighted by Crippen LogP contribution is -2.37. The van der Waals surface area contributed by atoms with Gasteiger partial charge < -0.3 is 5.32 Å². The molecule has 2 aromatic rings. The first-order valence-corrected chi connectivity index (χ1v) is 8.70. The average Bonchev–Trinajstić information content (AvgIpc) is 2.90. The topological polar surface area (TPSA) is 66.5 Å². The van der Waals surface area contributed by atoms with E-state index in [1.165, 1.54) is 18.2 Å². The Hall–Kier alpha value is -2.93. The van der Waals surface area contributed by atoms with E-state index < -0.39 is 11.7 Å². The van der Waals surface area contributed by atoms with Crippen molar-refractivity contribution in [1.29, 1.82) is 0 Å². The second-order valence-electron chi connectivity index (χ2n) is 5.51. The van der Waals surface area contributed by atoms with E-state index in [1.54, 1.807) is 6.08 Å². The number of thioether (sulfide) groups is 1. The fourth-order valence-corrected chi connectivity index (χ4v) is 3.27. The molecule has 3 rings (SSSR count). The first-order valence-electron chi connectivity index (χ1n) is 7.89. The number of nitrogens with one attached hydrogen (secondary N) is 1. The molecule has 1 fully saturated rings. The Morgan fingerprint density at radius 1 is 1.12 bits per heavy atom. The van der Waals surface area contributed by atoms with Crippen LogP contribution in [0.25, 0.3) is 6.08 Å². The highest BCUT2D eigenvalue weighted by molar-refractivity contribution is 8.18. The van der Waals surface area contributed by atoms with E-state index >= 15 is 0 Å². The van der Waals surface area contributed by atoms with Crippen LogP contribution in [0.2, 0.25) is 0 Å². The average molecular weight is 370 g/mol. The molecule has 1 saturated heterocycles. The number of carbonyl (C=O) groups is 3. The van der Waals surface area contributed by atoms with Crippen molar-refractivity contribution in [2.45, 2.75) is 0 Å². The van der Waals surface area contributed by atoms with Gasteiger partial charge in [0.05, 0.1) is 4.91 Å². The lowest BCUT2D eigenvalue weighted by Gasteiger charge is -2.13. The highest BCUT2D eigenvalue weighted by Gasteiger charge is 2.34. The first kappa shape index (κ1) is 17.9. The molecule has 132 valence electrons. The third kappa shape index (κ3) is 4.18. The number of hydrogen-bond acceptors (Lipinski definition) is 4. The van der Waals surface area contributed by atoms with Crippen LogP contribution < -0.4 is 5.32 Å². The summed E-state index contributed by atoms with van der Waals surface area (Å²) < 4.78 is 13.1. The Morgan fingerprint density at radius 3 is 2.62 bits per heavy atom. The predicted molar refractivity (Wildman–Crippen MR) is 97.9 cm³/mol. The van der Waals surface area contributed by atoms with Gasteiger partial charge in [0.25, 0.3) is 17.1 Å². The summed E-state index contributed by atoms with van der Waals surface area (Å²) in [4.78, 5) is 37.8. The zero-order valence-electron chi connectivity index (χ0n) is 13.6. The number of hydrogen-bond donors (Lipinski definition) is 1. The summed E-state index contributed by atoms with van der Waals surface area (Å²) in [7, 11) is 0. The Bertz CT molecular complexity index is 883. The number of carbonyl (C=O) groups excluding carboxylic acids is 3. The lowest BCUT2D eigenvalue weighted by atomic mass is 10.2. The molecule has 0 aromatic heterocycles. The number of rotatable bonds is 5. The summed E-state index contributed by atoms with van der Waals surface area (Å²) in [5.41, 5.74) is 1.01. The van der Waals surface area contributed by atoms with Crippen LogP contribution in [0.15, 0.2) is 59.5 Å². The SMILES string of the molecule is O=C(NCCN1C(=O)S/C(=C\c2ccccc2)C1=O)c1cccc(F)c1. The van der Waals surface area contributed by atoms with Crippen molar-refractivity contribution >= 4 is 34.9 Å². The van der Waals surface area contributed by atoms with Gasteiger partial charge in [0, 0.05) is 18.7 Å². The van der Waals surface area contributed by atoms with Crippen LogP contribution in [0, 0.1) is 5.82 Å². The van der Waals surface area contributed by atoms with E-state index in [0.717, 1.165) is 28.3 Å². The van der Waals surface area contributed by atoms with E-state index in [4.69, 9.17) is 0 Å². The highest BCUT2D eigenvalue weighted by atomic mass is 32.2. The summed E-state index contributed by atoms with van der Waals surface area (Å²) in [5, 5.41) is 2.20. The van der Waals surface area contributed by atoms with Crippen molar-refractivity contribution in [2.24, 2.45) is 0 Å². The van der Waals surface area contributed by atoms with E-state index in [1.807, 2.05) is 30.3 Å². The summed E-state index contributed by atoms with van der Waals surface area (Å²) in [6.45, 7) is 0.143. The Kier molecular flexibility index (Phi) is 5.48. The molecule has 0 bridgehead atoms. The number of benzene rings is 2. The molecule has 3 amide bonds. The van der Waals surface area contributed by atoms with Crippen LogP contribution in [-0.2, 0) is 4.79 Å². The zero-order chi connectivity index (χ0) is 18.5. The number of nitrogens with zero attached hydrogens (tertiary/aromatic N) is 1. The van der Waals surface area contributed by atoms with Crippen LogP contribution in [0.1, 0.15) is 15.9 Å². The molecule has 7 heteroatoms. The van der Waals surface area contributed by atoms with Crippen molar-refractivity contribution in [3.05, 3.63) is 76.4 Å². The molecule has 0 radical (unpaired) electrons. The van der Waals surface area contributed by atoms with Gasteiger partial charge >= 0.3 is 0 Å². The molecule has 0 unspecified atom stereocenters. The molecule has 0 saturated carbocycles. The van der Waals surface area contributed by atoms with Crippen molar-refractivity contribution in [1.82, 2.24) is 10.2 Å². The fraction of sp³-hybridized carbons (Fsp3) is 0.105. The van der Waals surface area contributed by atoms with Crippen LogP contribution in [0.4, 0.5) is 9.18 Å². The Balaban J connectivity index is 1.58. The third-order valence-electron chi connectivity index (χ3n) is 3.68. The van der Waals surface area contributed by atoms with Crippen molar-refractivity contribution < 1.29 is 18.8 Å². The molecule has 1 N–H and O–H groups in total. The number of imide groups is 1. The molecule has 0 aliphatic carbocycles. The van der Waals surface area contributed by atoms with E-state index in [-0.39, 0.29) is 29.8 Å². The molecule has 1 heterocycles. The molecular weight excluding hydrogens is 355 g/mol. The van der Waals surface area contributed by atoms with Gasteiger partial charge in [-0.2, -0.15) is 0 Å². The van der Waals surface area contributed by atoms with E-state index in [2.05, 4.69) is 5.32 Å². The molecule has 0 atom stereocenters. The standard InChI is InChI=1S/C19H15FN2O3S/c20-15-8-4-7-14(12-15)17(23)21-9-10-22-18(24)16(26-19(22)25)11-13-5-2-1-3-6-13/h1-8,11-12H,9-10H2,(H,21,23)/b16-11-. The van der Waals surface area contributed by atoms with Gasteiger partial charge in [-0.15, -0.1) is 0 Å². The molecule has 26 heavy (non-hydrogen) atoms. The number of amides is 3. The van der Waals surface area contributed by atoms with Gasteiger partial charge in [0.1, 0.15) is 5.82 Å². The van der Waals surface area contributed by atoms with Crippen LogP contribution in [0.3, 0.4) is 0 Å². The minimum Gasteiger partial charge on any atom is -0.350 e. The lowest BCUT2D eigenvalue weighted by molar-refractivity contribution is -0.122. The molecule has 0 spiro atoms. The second-order valence-corrected chi connectivity index (χ2v) is 6.50. The van der Waals surface area contributed by atoms with Crippen LogP contribution >= 0.6 is 11.8 Å². The van der Waals surface area contributed by atoms with Crippen molar-refractivity contribution in [3.63, 3.8) is 0 Å². The Labute approximate surface area is 153 Å². The largest absolute Gasteiger partial charge is 0.350 e. The fourth-order valence-electron chi connectivity index (χ4n) is 2.41. The minimum absolute atomic E-state index is 0.0534. The van der Waals surface area contributed by atoms with Crippen molar-refractivity contribution in [2.75, 3.05) is 13.1 Å². The Morgan fingerprint density at radius 2 is 1.88 bits per heavy atom. The van der Waals surface area contributed by atoms with Gasteiger partial charge in [0.2, 0.25) is 0 Å². The second kappa shape index (κ2) is 7.97. The molecule has 1 aliphatic heterocycles. The molecular formula is C19H15FN2O3S. The number of halogens is 1. The third-order valence-corrected chi connectivity index (χ3v) is 4.59. The normalized spacial score (nSPS) is 15.6. The van der Waals surface area contributed by atoms with Gasteiger partial charge in [-0.25, -0.2) is 4.39 Å². The highest BCUT2D eigenvalue weighted by Crippen LogP contribution is 2.31. The summed E-state index contributed by atoms with van der Waals surface area (Å²) in [6.07, 6.45) is 1.66. The maximum Gasteiger partial charge on any atom is 0.293 e. The summed E-state index contributed by atoms with van der Waals surface area (Å²) >= 11 is 0.870. The van der Waals surface area contributed by atoms with Crippen molar-refractivity contribution in [3.8, 4) is 0 Å². The predicted octanol–water partition coefficient (Wildman–Crippen LogP) is 3.29. The smallest absolute Gasteiger partial charge is 0.293 e. The maximum atomic E-state index is 13.1. The van der Waals surface area contributed by atoms with E-state index in [9.17, 15) is 18.8 Å². The van der Waals surface area contributed by atoms with Gasteiger partial charge in [-0.05, 0) is 41.6 Å². The summed E-state index contributed by atoms with van der Waals surface area (Å²) in [6, 6.07) is 14.5. The van der Waals surface area contributed by atoms with Crippen LogP contribution in [0.5, 0.6) is 0 Å². The summed E-state index contributed by atoms with van der Waals surface area (Å²) in [5.74, 6) is -1.35. The van der Waals surface area contributed by atoms with Gasteiger partial charge in [-0.3, -0.25) is 19.3 Å². The monoisotopic (exact) mass is 370 g/mol. The van der Waals surface area contributed by atoms with Crippen LogP contribution in [-0.4, -0.2) is 35.0 Å². The molecule has 5 nitrogen and oxygen atoms in total.